The highest BCUT2D eigenvalue weighted by Gasteiger charge is 2.23. The highest BCUT2D eigenvalue weighted by atomic mass is 16.6. The van der Waals surface area contributed by atoms with Gasteiger partial charge in [0.15, 0.2) is 0 Å². The third-order valence-electron chi connectivity index (χ3n) is 4.67. The summed E-state index contributed by atoms with van der Waals surface area (Å²) >= 11 is 0. The van der Waals surface area contributed by atoms with Gasteiger partial charge in [0.1, 0.15) is 11.2 Å². The number of rotatable bonds is 4. The Kier molecular flexibility index (Phi) is 7.15. The number of benzene rings is 1. The molecule has 0 spiro atoms. The molecule has 2 aromatic heterocycles. The molecule has 0 aliphatic carbocycles. The summed E-state index contributed by atoms with van der Waals surface area (Å²) in [6.07, 6.45) is 6.95. The molecule has 0 aliphatic rings. The van der Waals surface area contributed by atoms with E-state index in [9.17, 15) is 9.59 Å². The molecular formula is C27H33N3O4. The number of ether oxygens (including phenoxy) is 2. The van der Waals surface area contributed by atoms with Crippen LogP contribution in [-0.2, 0) is 15.9 Å². The molecular weight excluding hydrogens is 430 g/mol. The zero-order chi connectivity index (χ0) is 25.1. The van der Waals surface area contributed by atoms with E-state index in [1.807, 2.05) is 76.4 Å². The first kappa shape index (κ1) is 25.0. The van der Waals surface area contributed by atoms with E-state index < -0.39 is 23.4 Å². The topological polar surface area (TPSA) is 82.5 Å². The minimum absolute atomic E-state index is 0.473. The van der Waals surface area contributed by atoms with Gasteiger partial charge in [0.25, 0.3) is 0 Å². The lowest BCUT2D eigenvalue weighted by Crippen LogP contribution is -2.27. The van der Waals surface area contributed by atoms with Gasteiger partial charge in [-0.15, -0.1) is 0 Å². The number of hydrogen-bond donors (Lipinski definition) is 1. The van der Waals surface area contributed by atoms with Crippen LogP contribution >= 0.6 is 0 Å². The fraction of sp³-hybridized carbons (Fsp3) is 0.370. The fourth-order valence-corrected chi connectivity index (χ4v) is 3.27. The Morgan fingerprint density at radius 1 is 1.03 bits per heavy atom. The summed E-state index contributed by atoms with van der Waals surface area (Å²) in [5, 5.41) is 3.49. The van der Waals surface area contributed by atoms with Crippen molar-refractivity contribution in [2.75, 3.05) is 5.32 Å². The molecule has 1 aromatic carbocycles. The largest absolute Gasteiger partial charge is 0.444 e. The van der Waals surface area contributed by atoms with Crippen LogP contribution in [0.25, 0.3) is 17.0 Å². The molecule has 0 radical (unpaired) electrons. The van der Waals surface area contributed by atoms with Crippen molar-refractivity contribution in [3.05, 3.63) is 65.6 Å². The molecule has 3 aromatic rings. The SMILES string of the molecule is Cc1ccc(/C=C/Cc2ccc3c(c2)c(NC(=O)OC(C)(C)C)cn3C(=O)OC(C)(C)C)nc1. The fourth-order valence-electron chi connectivity index (χ4n) is 3.27. The summed E-state index contributed by atoms with van der Waals surface area (Å²) in [5.41, 5.74) is 2.82. The van der Waals surface area contributed by atoms with Crippen LogP contribution in [0, 0.1) is 6.92 Å². The molecule has 34 heavy (non-hydrogen) atoms. The molecule has 0 unspecified atom stereocenters. The van der Waals surface area contributed by atoms with Crippen LogP contribution in [0.3, 0.4) is 0 Å². The Morgan fingerprint density at radius 2 is 1.74 bits per heavy atom. The molecule has 0 bridgehead atoms. The number of aryl methyl sites for hydroxylation is 1. The zero-order valence-electron chi connectivity index (χ0n) is 20.9. The van der Waals surface area contributed by atoms with Crippen LogP contribution in [0.2, 0.25) is 0 Å². The standard InChI is InChI=1S/C27H33N3O4/c1-18-11-13-20(28-16-18)10-8-9-19-12-14-23-21(15-19)22(29-24(31)33-26(2,3)4)17-30(23)25(32)34-27(5,6)7/h8,10-17H,9H2,1-7H3,(H,29,31)/b10-8+. The molecule has 180 valence electrons. The van der Waals surface area contributed by atoms with Crippen molar-refractivity contribution in [2.45, 2.75) is 66.1 Å². The second-order valence-corrected chi connectivity index (χ2v) is 10.2. The summed E-state index contributed by atoms with van der Waals surface area (Å²) in [6.45, 7) is 12.8. The quantitative estimate of drug-likeness (QED) is 0.464. The number of nitrogens with zero attached hydrogens (tertiary/aromatic N) is 2. The predicted molar refractivity (Wildman–Crippen MR) is 135 cm³/mol. The summed E-state index contributed by atoms with van der Waals surface area (Å²) in [7, 11) is 0. The minimum atomic E-state index is -0.652. The molecule has 0 aliphatic heterocycles. The van der Waals surface area contributed by atoms with Gasteiger partial charge >= 0.3 is 12.2 Å². The minimum Gasteiger partial charge on any atom is -0.444 e. The number of anilines is 1. The maximum atomic E-state index is 12.8. The van der Waals surface area contributed by atoms with Gasteiger partial charge in [0.2, 0.25) is 0 Å². The van der Waals surface area contributed by atoms with E-state index in [0.717, 1.165) is 22.2 Å². The number of carbonyl (C=O) groups excluding carboxylic acids is 2. The van der Waals surface area contributed by atoms with Crippen LogP contribution in [0.15, 0.2) is 48.8 Å². The molecule has 7 nitrogen and oxygen atoms in total. The molecule has 7 heteroatoms. The first-order valence-corrected chi connectivity index (χ1v) is 11.3. The van der Waals surface area contributed by atoms with Crippen LogP contribution < -0.4 is 5.32 Å². The van der Waals surface area contributed by atoms with Crippen molar-refractivity contribution in [3.63, 3.8) is 0 Å². The van der Waals surface area contributed by atoms with Gasteiger partial charge in [-0.05, 0) is 90.3 Å². The number of aromatic nitrogens is 2. The van der Waals surface area contributed by atoms with E-state index in [1.54, 1.807) is 27.0 Å². The third-order valence-corrected chi connectivity index (χ3v) is 4.67. The van der Waals surface area contributed by atoms with Crippen LogP contribution in [0.5, 0.6) is 0 Å². The van der Waals surface area contributed by atoms with E-state index >= 15 is 0 Å². The second-order valence-electron chi connectivity index (χ2n) is 10.2. The number of nitrogens with one attached hydrogen (secondary N) is 1. The van der Waals surface area contributed by atoms with Crippen molar-refractivity contribution in [2.24, 2.45) is 0 Å². The molecule has 0 atom stereocenters. The Labute approximate surface area is 200 Å². The molecule has 0 fully saturated rings. The van der Waals surface area contributed by atoms with Gasteiger partial charge in [-0.3, -0.25) is 14.9 Å². The average molecular weight is 464 g/mol. The zero-order valence-corrected chi connectivity index (χ0v) is 20.9. The Morgan fingerprint density at radius 3 is 2.35 bits per heavy atom. The number of pyridine rings is 1. The maximum absolute atomic E-state index is 12.8. The van der Waals surface area contributed by atoms with Gasteiger partial charge in [-0.25, -0.2) is 9.59 Å². The van der Waals surface area contributed by atoms with E-state index in [0.29, 0.717) is 17.6 Å². The first-order chi connectivity index (χ1) is 15.8. The van der Waals surface area contributed by atoms with Gasteiger partial charge < -0.3 is 9.47 Å². The predicted octanol–water partition coefficient (Wildman–Crippen LogP) is 6.73. The highest BCUT2D eigenvalue weighted by molar-refractivity contribution is 6.03. The van der Waals surface area contributed by atoms with Gasteiger partial charge in [-0.2, -0.15) is 0 Å². The summed E-state index contributed by atoms with van der Waals surface area (Å²) in [4.78, 5) is 29.6. The molecule has 0 saturated heterocycles. The van der Waals surface area contributed by atoms with Crippen molar-refractivity contribution in [3.8, 4) is 0 Å². The van der Waals surface area contributed by atoms with Crippen molar-refractivity contribution in [1.29, 1.82) is 0 Å². The average Bonchev–Trinajstić information content (AvgIpc) is 3.05. The maximum Gasteiger partial charge on any atom is 0.419 e. The van der Waals surface area contributed by atoms with Crippen LogP contribution in [0.1, 0.15) is 58.4 Å². The van der Waals surface area contributed by atoms with E-state index in [4.69, 9.17) is 9.47 Å². The first-order valence-electron chi connectivity index (χ1n) is 11.3. The third kappa shape index (κ3) is 6.94. The van der Waals surface area contributed by atoms with Crippen molar-refractivity contribution >= 4 is 34.9 Å². The van der Waals surface area contributed by atoms with E-state index in [2.05, 4.69) is 10.3 Å². The summed E-state index contributed by atoms with van der Waals surface area (Å²) in [5.74, 6) is 0. The summed E-state index contributed by atoms with van der Waals surface area (Å²) in [6, 6.07) is 9.75. The Bertz CT molecular complexity index is 1210. The number of amides is 1. The lowest BCUT2D eigenvalue weighted by Gasteiger charge is -2.20. The van der Waals surface area contributed by atoms with Gasteiger partial charge in [0.05, 0.1) is 16.9 Å². The van der Waals surface area contributed by atoms with Gasteiger partial charge in [0, 0.05) is 17.8 Å². The summed E-state index contributed by atoms with van der Waals surface area (Å²) < 4.78 is 12.4. The molecule has 2 heterocycles. The lowest BCUT2D eigenvalue weighted by atomic mass is 10.1. The number of hydrogen-bond acceptors (Lipinski definition) is 5. The van der Waals surface area contributed by atoms with Gasteiger partial charge in [-0.1, -0.05) is 18.2 Å². The molecule has 0 saturated carbocycles. The molecule has 3 rings (SSSR count). The smallest absolute Gasteiger partial charge is 0.419 e. The molecule has 1 N–H and O–H groups in total. The monoisotopic (exact) mass is 463 g/mol. The number of allylic oxidation sites excluding steroid dienone is 1. The highest BCUT2D eigenvalue weighted by Crippen LogP contribution is 2.29. The van der Waals surface area contributed by atoms with Crippen molar-refractivity contribution in [1.82, 2.24) is 9.55 Å². The second kappa shape index (κ2) is 9.71. The number of fused-ring (bicyclic) bond motifs is 1. The van der Waals surface area contributed by atoms with E-state index in [-0.39, 0.29) is 0 Å². The van der Waals surface area contributed by atoms with Crippen molar-refractivity contribution < 1.29 is 19.1 Å². The van der Waals surface area contributed by atoms with Crippen LogP contribution in [-0.4, -0.2) is 32.9 Å². The Hall–Kier alpha value is -3.61. The lowest BCUT2D eigenvalue weighted by molar-refractivity contribution is 0.0542. The molecule has 1 amide bonds. The van der Waals surface area contributed by atoms with E-state index in [1.165, 1.54) is 4.57 Å². The Balaban J connectivity index is 1.92. The normalized spacial score (nSPS) is 12.2. The number of carbonyl (C=O) groups is 2. The van der Waals surface area contributed by atoms with Crippen LogP contribution in [0.4, 0.5) is 15.3 Å².